The molecule has 0 spiro atoms. The molecule has 1 aliphatic rings. The van der Waals surface area contributed by atoms with Gasteiger partial charge in [0.15, 0.2) is 0 Å². The number of benzene rings is 2. The van der Waals surface area contributed by atoms with Gasteiger partial charge in [0.05, 0.1) is 9.83 Å². The second-order valence-electron chi connectivity index (χ2n) is 5.98. The summed E-state index contributed by atoms with van der Waals surface area (Å²) in [7, 11) is 1.65. The van der Waals surface area contributed by atoms with E-state index in [2.05, 4.69) is 13.0 Å². The topological polar surface area (TPSA) is 61.6 Å². The third-order valence-corrected chi connectivity index (χ3v) is 5.36. The van der Waals surface area contributed by atoms with Crippen LogP contribution in [0.15, 0.2) is 59.2 Å². The average molecular weight is 371 g/mol. The van der Waals surface area contributed by atoms with Gasteiger partial charge in [-0.05, 0) is 18.6 Å². The number of methoxy groups -OCH3 is 1. The predicted octanol–water partition coefficient (Wildman–Crippen LogP) is 5.92. The minimum absolute atomic E-state index is 0.0919. The molecule has 0 radical (unpaired) electrons. The smallest absolute Gasteiger partial charge is 0.269 e. The number of nitrogens with zero attached hydrogens (tertiary/aromatic N) is 1. The highest BCUT2D eigenvalue weighted by molar-refractivity contribution is 8.08. The molecule has 0 aromatic heterocycles. The number of unbranched alkanes of at least 4 members (excludes halogenated alkanes) is 1. The van der Waals surface area contributed by atoms with E-state index >= 15 is 0 Å². The summed E-state index contributed by atoms with van der Waals surface area (Å²) in [6.45, 7) is 2.15. The Morgan fingerprint density at radius 2 is 1.92 bits per heavy atom. The van der Waals surface area contributed by atoms with Crippen molar-refractivity contribution in [2.45, 2.75) is 37.4 Å². The van der Waals surface area contributed by atoms with Gasteiger partial charge in [-0.2, -0.15) is 0 Å². The zero-order valence-electron chi connectivity index (χ0n) is 14.8. The van der Waals surface area contributed by atoms with Gasteiger partial charge in [0.1, 0.15) is 5.76 Å². The molecule has 0 saturated carbocycles. The Kier molecular flexibility index (Phi) is 5.96. The second-order valence-corrected chi connectivity index (χ2v) is 7.07. The van der Waals surface area contributed by atoms with Crippen molar-refractivity contribution in [1.29, 1.82) is 0 Å². The van der Waals surface area contributed by atoms with Crippen molar-refractivity contribution in [2.24, 2.45) is 0 Å². The summed E-state index contributed by atoms with van der Waals surface area (Å²) in [5.41, 5.74) is 2.19. The van der Waals surface area contributed by atoms with E-state index in [9.17, 15) is 10.1 Å². The summed E-state index contributed by atoms with van der Waals surface area (Å²) < 4.78 is 11.7. The molecular formula is C20H21NO4S. The van der Waals surface area contributed by atoms with Gasteiger partial charge in [0.25, 0.3) is 5.69 Å². The van der Waals surface area contributed by atoms with Crippen molar-refractivity contribution in [1.82, 2.24) is 0 Å². The van der Waals surface area contributed by atoms with E-state index in [0.717, 1.165) is 45.9 Å². The molecule has 2 aromatic carbocycles. The van der Waals surface area contributed by atoms with Crippen LogP contribution in [0.2, 0.25) is 0 Å². The van der Waals surface area contributed by atoms with E-state index in [1.54, 1.807) is 31.0 Å². The van der Waals surface area contributed by atoms with Crippen LogP contribution in [0.3, 0.4) is 0 Å². The van der Waals surface area contributed by atoms with Gasteiger partial charge in [-0.15, -0.1) is 0 Å². The highest BCUT2D eigenvalue weighted by Gasteiger charge is 2.28. The highest BCUT2D eigenvalue weighted by Crippen LogP contribution is 2.46. The minimum atomic E-state index is -0.403. The van der Waals surface area contributed by atoms with Crippen molar-refractivity contribution in [2.75, 3.05) is 7.11 Å². The second kappa shape index (κ2) is 8.38. The largest absolute Gasteiger partial charge is 0.464 e. The fraction of sp³-hybridized carbons (Fsp3) is 0.300. The first-order valence-corrected chi connectivity index (χ1v) is 9.40. The monoisotopic (exact) mass is 371 g/mol. The number of hydrogen-bond acceptors (Lipinski definition) is 5. The van der Waals surface area contributed by atoms with E-state index < -0.39 is 6.29 Å². The summed E-state index contributed by atoms with van der Waals surface area (Å²) in [4.78, 5) is 12.5. The quantitative estimate of drug-likeness (QED) is 0.446. The number of nitro benzene ring substituents is 1. The first-order valence-electron chi connectivity index (χ1n) is 8.58. The molecule has 1 aliphatic heterocycles. The molecule has 2 aromatic rings. The lowest BCUT2D eigenvalue weighted by molar-refractivity contribution is -0.384. The zero-order valence-corrected chi connectivity index (χ0v) is 15.6. The lowest BCUT2D eigenvalue weighted by Crippen LogP contribution is -2.14. The maximum absolute atomic E-state index is 10.9. The van der Waals surface area contributed by atoms with Crippen LogP contribution in [0.1, 0.15) is 43.6 Å². The van der Waals surface area contributed by atoms with Crippen LogP contribution in [-0.4, -0.2) is 12.0 Å². The summed E-state index contributed by atoms with van der Waals surface area (Å²) >= 11 is 1.58. The SMILES string of the molecule is CCCCC1=C(Sc2ccc([N+](=O)[O-])cc2)c2ccccc2C(OC)O1. The third-order valence-electron chi connectivity index (χ3n) is 4.20. The molecule has 0 saturated heterocycles. The van der Waals surface area contributed by atoms with Crippen molar-refractivity contribution < 1.29 is 14.4 Å². The maximum atomic E-state index is 10.9. The zero-order chi connectivity index (χ0) is 18.5. The van der Waals surface area contributed by atoms with E-state index in [0.29, 0.717) is 0 Å². The number of hydrogen-bond donors (Lipinski definition) is 0. The molecule has 1 unspecified atom stereocenters. The summed E-state index contributed by atoms with van der Waals surface area (Å²) in [5, 5.41) is 10.9. The Hall–Kier alpha value is -2.31. The maximum Gasteiger partial charge on any atom is 0.269 e. The molecule has 0 aliphatic carbocycles. The fourth-order valence-corrected chi connectivity index (χ4v) is 3.92. The molecule has 3 rings (SSSR count). The van der Waals surface area contributed by atoms with E-state index in [1.807, 2.05) is 18.2 Å². The van der Waals surface area contributed by atoms with Crippen LogP contribution in [0, 0.1) is 10.1 Å². The summed E-state index contributed by atoms with van der Waals surface area (Å²) in [5.74, 6) is 0.917. The van der Waals surface area contributed by atoms with E-state index in [-0.39, 0.29) is 10.6 Å². The molecule has 6 heteroatoms. The highest BCUT2D eigenvalue weighted by atomic mass is 32.2. The minimum Gasteiger partial charge on any atom is -0.464 e. The Balaban J connectivity index is 1.98. The molecule has 0 fully saturated rings. The molecule has 0 N–H and O–H groups in total. The van der Waals surface area contributed by atoms with Crippen LogP contribution in [0.5, 0.6) is 0 Å². The molecule has 136 valence electrons. The molecule has 26 heavy (non-hydrogen) atoms. The number of nitro groups is 1. The van der Waals surface area contributed by atoms with Gasteiger partial charge >= 0.3 is 0 Å². The molecule has 5 nitrogen and oxygen atoms in total. The van der Waals surface area contributed by atoms with Gasteiger partial charge in [-0.1, -0.05) is 49.4 Å². The Bertz CT molecular complexity index is 817. The van der Waals surface area contributed by atoms with Crippen LogP contribution >= 0.6 is 11.8 Å². The molecule has 0 amide bonds. The molecule has 1 atom stereocenters. The van der Waals surface area contributed by atoms with Gasteiger partial charge < -0.3 is 9.47 Å². The fourth-order valence-electron chi connectivity index (χ4n) is 2.86. The predicted molar refractivity (Wildman–Crippen MR) is 103 cm³/mol. The first kappa shape index (κ1) is 18.5. The Labute approximate surface area is 157 Å². The average Bonchev–Trinajstić information content (AvgIpc) is 2.67. The standard InChI is InChI=1S/C20H21NO4S/c1-3-4-9-18-19(26-15-12-10-14(11-13-15)21(22)23)16-7-5-6-8-17(16)20(24-2)25-18/h5-8,10-13,20H,3-4,9H2,1-2H3. The lowest BCUT2D eigenvalue weighted by Gasteiger charge is -2.29. The number of fused-ring (bicyclic) bond motifs is 1. The van der Waals surface area contributed by atoms with Crippen molar-refractivity contribution >= 4 is 22.4 Å². The summed E-state index contributed by atoms with van der Waals surface area (Å²) in [6.07, 6.45) is 2.53. The lowest BCUT2D eigenvalue weighted by atomic mass is 10.0. The number of ether oxygens (including phenoxy) is 2. The van der Waals surface area contributed by atoms with Crippen LogP contribution in [0.4, 0.5) is 5.69 Å². The third kappa shape index (κ3) is 3.92. The van der Waals surface area contributed by atoms with Crippen LogP contribution in [0.25, 0.3) is 4.91 Å². The number of allylic oxidation sites excluding steroid dienone is 1. The van der Waals surface area contributed by atoms with Crippen molar-refractivity contribution in [3.8, 4) is 0 Å². The van der Waals surface area contributed by atoms with Gasteiger partial charge in [-0.25, -0.2) is 0 Å². The number of thioether (sulfide) groups is 1. The van der Waals surface area contributed by atoms with Gasteiger partial charge in [0.2, 0.25) is 6.29 Å². The van der Waals surface area contributed by atoms with Crippen molar-refractivity contribution in [3.63, 3.8) is 0 Å². The first-order chi connectivity index (χ1) is 12.6. The molecular weight excluding hydrogens is 350 g/mol. The Morgan fingerprint density at radius 3 is 2.58 bits per heavy atom. The number of non-ortho nitro benzene ring substituents is 1. The molecule has 0 bridgehead atoms. The van der Waals surface area contributed by atoms with E-state index in [4.69, 9.17) is 9.47 Å². The van der Waals surface area contributed by atoms with Crippen LogP contribution in [-0.2, 0) is 9.47 Å². The van der Waals surface area contributed by atoms with E-state index in [1.165, 1.54) is 12.1 Å². The Morgan fingerprint density at radius 1 is 1.19 bits per heavy atom. The van der Waals surface area contributed by atoms with Gasteiger partial charge in [-0.3, -0.25) is 10.1 Å². The van der Waals surface area contributed by atoms with Crippen LogP contribution < -0.4 is 0 Å². The molecule has 1 heterocycles. The van der Waals surface area contributed by atoms with Crippen molar-refractivity contribution in [3.05, 3.63) is 75.5 Å². The van der Waals surface area contributed by atoms with Gasteiger partial charge in [0, 0.05) is 41.7 Å². The number of rotatable bonds is 7. The summed E-state index contributed by atoms with van der Waals surface area (Å²) in [6, 6.07) is 14.7. The normalized spacial score (nSPS) is 16.2.